The average molecular weight is 366 g/mol. The molecule has 0 aliphatic rings. The van der Waals surface area contributed by atoms with Gasteiger partial charge in [-0.15, -0.1) is 0 Å². The lowest BCUT2D eigenvalue weighted by Crippen LogP contribution is -2.23. The van der Waals surface area contributed by atoms with Crippen LogP contribution < -0.4 is 10.1 Å². The molecule has 0 bridgehead atoms. The van der Waals surface area contributed by atoms with Crippen LogP contribution in [0.4, 0.5) is 0 Å². The van der Waals surface area contributed by atoms with Crippen molar-refractivity contribution in [2.45, 2.75) is 32.7 Å². The predicted octanol–water partition coefficient (Wildman–Crippen LogP) is 3.17. The van der Waals surface area contributed by atoms with Gasteiger partial charge in [-0.25, -0.2) is 0 Å². The van der Waals surface area contributed by atoms with Crippen molar-refractivity contribution in [3.63, 3.8) is 0 Å². The van der Waals surface area contributed by atoms with Crippen LogP contribution in [0.5, 0.6) is 5.75 Å². The van der Waals surface area contributed by atoms with E-state index in [9.17, 15) is 4.79 Å². The summed E-state index contributed by atoms with van der Waals surface area (Å²) >= 11 is 0. The molecule has 0 saturated heterocycles. The third-order valence-corrected chi connectivity index (χ3v) is 3.84. The average Bonchev–Trinajstić information content (AvgIpc) is 3.20. The molecule has 0 aliphatic carbocycles. The number of benzene rings is 1. The van der Waals surface area contributed by atoms with Gasteiger partial charge in [-0.1, -0.05) is 24.2 Å². The summed E-state index contributed by atoms with van der Waals surface area (Å²) in [6.07, 6.45) is 5.00. The van der Waals surface area contributed by atoms with Gasteiger partial charge < -0.3 is 14.6 Å². The number of aryl methyl sites for hydroxylation is 1. The highest BCUT2D eigenvalue weighted by molar-refractivity contribution is 5.76. The van der Waals surface area contributed by atoms with Gasteiger partial charge in [0.2, 0.25) is 17.6 Å². The highest BCUT2D eigenvalue weighted by Gasteiger charge is 2.10. The van der Waals surface area contributed by atoms with E-state index < -0.39 is 0 Å². The lowest BCUT2D eigenvalue weighted by atomic mass is 10.2. The Morgan fingerprint density at radius 2 is 2.07 bits per heavy atom. The Balaban J connectivity index is 1.43. The largest absolute Gasteiger partial charge is 0.494 e. The zero-order chi connectivity index (χ0) is 18.9. The van der Waals surface area contributed by atoms with Gasteiger partial charge in [0.15, 0.2) is 0 Å². The van der Waals surface area contributed by atoms with Crippen LogP contribution in [-0.2, 0) is 17.8 Å². The molecule has 0 spiro atoms. The van der Waals surface area contributed by atoms with Crippen molar-refractivity contribution in [3.8, 4) is 17.1 Å². The van der Waals surface area contributed by atoms with Gasteiger partial charge in [-0.3, -0.25) is 9.78 Å². The summed E-state index contributed by atoms with van der Waals surface area (Å²) in [7, 11) is 0. The van der Waals surface area contributed by atoms with Gasteiger partial charge in [0.05, 0.1) is 6.61 Å². The molecule has 1 N–H and O–H groups in total. The van der Waals surface area contributed by atoms with E-state index in [2.05, 4.69) is 27.4 Å². The summed E-state index contributed by atoms with van der Waals surface area (Å²) in [6.45, 7) is 3.24. The van der Waals surface area contributed by atoms with Crippen molar-refractivity contribution in [1.29, 1.82) is 0 Å². The molecule has 0 unspecified atom stereocenters. The van der Waals surface area contributed by atoms with Crippen molar-refractivity contribution >= 4 is 5.91 Å². The van der Waals surface area contributed by atoms with Crippen molar-refractivity contribution in [2.24, 2.45) is 0 Å². The molecule has 7 heteroatoms. The van der Waals surface area contributed by atoms with Crippen LogP contribution in [0.2, 0.25) is 0 Å². The van der Waals surface area contributed by atoms with Gasteiger partial charge in [0.25, 0.3) is 0 Å². The van der Waals surface area contributed by atoms with E-state index in [-0.39, 0.29) is 12.3 Å². The quantitative estimate of drug-likeness (QED) is 0.625. The Morgan fingerprint density at radius 3 is 2.81 bits per heavy atom. The molecule has 2 aromatic heterocycles. The first-order valence-corrected chi connectivity index (χ1v) is 8.96. The number of nitrogens with zero attached hydrogens (tertiary/aromatic N) is 3. The summed E-state index contributed by atoms with van der Waals surface area (Å²) in [4.78, 5) is 20.4. The first-order valence-electron chi connectivity index (χ1n) is 8.96. The maximum Gasteiger partial charge on any atom is 0.227 e. The zero-order valence-electron chi connectivity index (χ0n) is 15.2. The molecule has 0 atom stereocenters. The predicted molar refractivity (Wildman–Crippen MR) is 99.9 cm³/mol. The first-order chi connectivity index (χ1) is 13.2. The second-order valence-electron chi connectivity index (χ2n) is 6.02. The highest BCUT2D eigenvalue weighted by Crippen LogP contribution is 2.15. The summed E-state index contributed by atoms with van der Waals surface area (Å²) < 4.78 is 10.7. The van der Waals surface area contributed by atoms with Crippen LogP contribution in [0, 0.1) is 0 Å². The number of nitrogens with one attached hydrogen (secondary N) is 1. The number of carbonyl (C=O) groups excluding carboxylic acids is 1. The molecular formula is C20H22N4O3. The van der Waals surface area contributed by atoms with Gasteiger partial charge in [-0.2, -0.15) is 4.98 Å². The van der Waals surface area contributed by atoms with E-state index in [1.54, 1.807) is 18.5 Å². The van der Waals surface area contributed by atoms with E-state index in [1.807, 2.05) is 30.3 Å². The Morgan fingerprint density at radius 1 is 1.22 bits per heavy atom. The first kappa shape index (κ1) is 18.6. The number of aromatic nitrogens is 3. The Labute approximate surface area is 157 Å². The van der Waals surface area contributed by atoms with Crippen LogP contribution in [0.25, 0.3) is 11.4 Å². The lowest BCUT2D eigenvalue weighted by molar-refractivity contribution is -0.121. The molecule has 0 aliphatic heterocycles. The highest BCUT2D eigenvalue weighted by atomic mass is 16.5. The van der Waals surface area contributed by atoms with E-state index in [0.29, 0.717) is 31.3 Å². The van der Waals surface area contributed by atoms with Gasteiger partial charge in [-0.05, 0) is 36.2 Å². The standard InChI is InChI=1S/C20H22N4O3/c1-2-12-26-17-7-5-15(6-8-17)13-22-18(25)9-10-19-23-20(24-27-19)16-4-3-11-21-14-16/h3-8,11,14H,2,9-10,12-13H2,1H3,(H,22,25). The number of hydrogen-bond acceptors (Lipinski definition) is 6. The van der Waals surface area contributed by atoms with Gasteiger partial charge in [0, 0.05) is 37.3 Å². The van der Waals surface area contributed by atoms with Gasteiger partial charge in [0.1, 0.15) is 5.75 Å². The van der Waals surface area contributed by atoms with Crippen LogP contribution in [0.1, 0.15) is 31.2 Å². The van der Waals surface area contributed by atoms with E-state index in [4.69, 9.17) is 9.26 Å². The number of pyridine rings is 1. The molecule has 1 aromatic carbocycles. The minimum absolute atomic E-state index is 0.0672. The monoisotopic (exact) mass is 366 g/mol. The molecule has 1 amide bonds. The van der Waals surface area contributed by atoms with Gasteiger partial charge >= 0.3 is 0 Å². The van der Waals surface area contributed by atoms with E-state index >= 15 is 0 Å². The van der Waals surface area contributed by atoms with Crippen LogP contribution >= 0.6 is 0 Å². The third kappa shape index (κ3) is 5.64. The van der Waals surface area contributed by atoms with Crippen molar-refractivity contribution in [3.05, 3.63) is 60.2 Å². The second kappa shape index (κ2) is 9.47. The molecule has 140 valence electrons. The number of carbonyl (C=O) groups is 1. The Hall–Kier alpha value is -3.22. The Bertz CT molecular complexity index is 847. The zero-order valence-corrected chi connectivity index (χ0v) is 15.2. The fourth-order valence-corrected chi connectivity index (χ4v) is 2.40. The molecule has 0 saturated carbocycles. The molecule has 0 radical (unpaired) electrons. The second-order valence-corrected chi connectivity index (χ2v) is 6.02. The summed E-state index contributed by atoms with van der Waals surface area (Å²) in [5.74, 6) is 1.68. The van der Waals surface area contributed by atoms with E-state index in [1.165, 1.54) is 0 Å². The topological polar surface area (TPSA) is 90.1 Å². The van der Waals surface area contributed by atoms with Crippen LogP contribution in [0.15, 0.2) is 53.3 Å². The molecule has 2 heterocycles. The van der Waals surface area contributed by atoms with Crippen molar-refractivity contribution in [2.75, 3.05) is 6.61 Å². The normalized spacial score (nSPS) is 10.6. The SMILES string of the molecule is CCCOc1ccc(CNC(=O)CCc2nc(-c3cccnc3)no2)cc1. The number of amides is 1. The minimum atomic E-state index is -0.0672. The summed E-state index contributed by atoms with van der Waals surface area (Å²) in [5.41, 5.74) is 1.80. The maximum atomic E-state index is 12.0. The van der Waals surface area contributed by atoms with E-state index in [0.717, 1.165) is 23.3 Å². The molecule has 7 nitrogen and oxygen atoms in total. The Kier molecular flexibility index (Phi) is 6.51. The van der Waals surface area contributed by atoms with Crippen LogP contribution in [0.3, 0.4) is 0 Å². The number of rotatable bonds is 9. The van der Waals surface area contributed by atoms with Crippen molar-refractivity contribution < 1.29 is 14.1 Å². The number of ether oxygens (including phenoxy) is 1. The fraction of sp³-hybridized carbons (Fsp3) is 0.300. The number of hydrogen-bond donors (Lipinski definition) is 1. The molecule has 0 fully saturated rings. The molecule has 3 aromatic rings. The summed E-state index contributed by atoms with van der Waals surface area (Å²) in [6, 6.07) is 11.4. The molecule has 3 rings (SSSR count). The minimum Gasteiger partial charge on any atom is -0.494 e. The third-order valence-electron chi connectivity index (χ3n) is 3.84. The van der Waals surface area contributed by atoms with Crippen molar-refractivity contribution in [1.82, 2.24) is 20.4 Å². The maximum absolute atomic E-state index is 12.0. The lowest BCUT2D eigenvalue weighted by Gasteiger charge is -2.07. The molecular weight excluding hydrogens is 344 g/mol. The smallest absolute Gasteiger partial charge is 0.227 e. The fourth-order valence-electron chi connectivity index (χ4n) is 2.40. The summed E-state index contributed by atoms with van der Waals surface area (Å²) in [5, 5.41) is 6.81. The van der Waals surface area contributed by atoms with Crippen LogP contribution in [-0.4, -0.2) is 27.6 Å². The molecule has 27 heavy (non-hydrogen) atoms.